The lowest BCUT2D eigenvalue weighted by Gasteiger charge is -2.17. The van der Waals surface area contributed by atoms with Crippen LogP contribution in [0.2, 0.25) is 0 Å². The maximum Gasteiger partial charge on any atom is 0.0754 e. The van der Waals surface area contributed by atoms with Crippen LogP contribution in [0.3, 0.4) is 0 Å². The molecule has 10 heavy (non-hydrogen) atoms. The number of H-pyrrole nitrogens is 1. The zero-order chi connectivity index (χ0) is 6.97. The summed E-state index contributed by atoms with van der Waals surface area (Å²) in [5.74, 6) is 0. The van der Waals surface area contributed by atoms with Gasteiger partial charge in [0.2, 0.25) is 0 Å². The molecule has 2 heterocycles. The fraction of sp³-hybridized carbons (Fsp3) is 0.571. The molecule has 0 amide bonds. The van der Waals surface area contributed by atoms with Gasteiger partial charge in [-0.25, -0.2) is 0 Å². The third-order valence-corrected chi connectivity index (χ3v) is 1.82. The van der Waals surface area contributed by atoms with Crippen LogP contribution in [0.4, 0.5) is 0 Å². The standard InChI is InChI=1S/C7H10N2O/c1-5-2-7-6(4-10-5)3-8-9-7/h3,5H,2,4H2,1H3,(H,8,9). The Balaban J connectivity index is 2.30. The highest BCUT2D eigenvalue weighted by atomic mass is 16.5. The number of aromatic nitrogens is 2. The summed E-state index contributed by atoms with van der Waals surface area (Å²) in [6.07, 6.45) is 3.14. The number of rotatable bonds is 0. The zero-order valence-electron chi connectivity index (χ0n) is 5.92. The van der Waals surface area contributed by atoms with Crippen molar-refractivity contribution in [3.8, 4) is 0 Å². The first-order valence-electron chi connectivity index (χ1n) is 3.49. The second-order valence-corrected chi connectivity index (χ2v) is 2.70. The van der Waals surface area contributed by atoms with Gasteiger partial charge in [-0.15, -0.1) is 0 Å². The monoisotopic (exact) mass is 138 g/mol. The fourth-order valence-corrected chi connectivity index (χ4v) is 1.22. The smallest absolute Gasteiger partial charge is 0.0754 e. The van der Waals surface area contributed by atoms with E-state index in [0.29, 0.717) is 12.7 Å². The van der Waals surface area contributed by atoms with E-state index in [1.807, 2.05) is 6.20 Å². The third-order valence-electron chi connectivity index (χ3n) is 1.82. The Kier molecular flexibility index (Phi) is 1.24. The SMILES string of the molecule is CC1Cc2[nH]ncc2CO1. The quantitative estimate of drug-likeness (QED) is 0.577. The molecule has 0 bridgehead atoms. The van der Waals surface area contributed by atoms with Crippen molar-refractivity contribution in [2.24, 2.45) is 0 Å². The van der Waals surface area contributed by atoms with Gasteiger partial charge >= 0.3 is 0 Å². The summed E-state index contributed by atoms with van der Waals surface area (Å²) in [5, 5.41) is 6.89. The number of nitrogens with one attached hydrogen (secondary N) is 1. The van der Waals surface area contributed by atoms with Gasteiger partial charge in [0.25, 0.3) is 0 Å². The van der Waals surface area contributed by atoms with Gasteiger partial charge in [-0.05, 0) is 6.92 Å². The van der Waals surface area contributed by atoms with Crippen LogP contribution < -0.4 is 0 Å². The molecule has 1 aliphatic heterocycles. The van der Waals surface area contributed by atoms with Crippen molar-refractivity contribution in [2.75, 3.05) is 0 Å². The number of hydrogen-bond donors (Lipinski definition) is 1. The van der Waals surface area contributed by atoms with Gasteiger partial charge < -0.3 is 4.74 Å². The number of ether oxygens (including phenoxy) is 1. The Bertz CT molecular complexity index is 231. The molecule has 3 nitrogen and oxygen atoms in total. The Labute approximate surface area is 59.4 Å². The zero-order valence-corrected chi connectivity index (χ0v) is 5.92. The average molecular weight is 138 g/mol. The molecule has 2 rings (SSSR count). The lowest BCUT2D eigenvalue weighted by molar-refractivity contribution is 0.0404. The first kappa shape index (κ1) is 5.92. The van der Waals surface area contributed by atoms with Crippen LogP contribution in [0, 0.1) is 0 Å². The summed E-state index contributed by atoms with van der Waals surface area (Å²) in [5.41, 5.74) is 2.44. The van der Waals surface area contributed by atoms with Crippen molar-refractivity contribution in [3.63, 3.8) is 0 Å². The van der Waals surface area contributed by atoms with Crippen LogP contribution in [0.25, 0.3) is 0 Å². The Morgan fingerprint density at radius 3 is 3.60 bits per heavy atom. The van der Waals surface area contributed by atoms with E-state index in [0.717, 1.165) is 6.42 Å². The van der Waals surface area contributed by atoms with Crippen molar-refractivity contribution < 1.29 is 4.74 Å². The van der Waals surface area contributed by atoms with Crippen LogP contribution in [0.1, 0.15) is 18.2 Å². The number of nitrogens with zero attached hydrogens (tertiary/aromatic N) is 1. The molecule has 54 valence electrons. The molecule has 1 aromatic heterocycles. The molecule has 0 radical (unpaired) electrons. The van der Waals surface area contributed by atoms with Crippen molar-refractivity contribution in [3.05, 3.63) is 17.5 Å². The van der Waals surface area contributed by atoms with Gasteiger partial charge in [0.05, 0.1) is 18.9 Å². The van der Waals surface area contributed by atoms with E-state index < -0.39 is 0 Å². The minimum atomic E-state index is 0.341. The highest BCUT2D eigenvalue weighted by Gasteiger charge is 2.15. The third kappa shape index (κ3) is 0.827. The molecule has 0 saturated carbocycles. The maximum atomic E-state index is 5.40. The van der Waals surface area contributed by atoms with E-state index in [2.05, 4.69) is 17.1 Å². The van der Waals surface area contributed by atoms with Crippen LogP contribution >= 0.6 is 0 Å². The highest BCUT2D eigenvalue weighted by molar-refractivity contribution is 5.17. The second kappa shape index (κ2) is 2.09. The molecule has 0 spiro atoms. The van der Waals surface area contributed by atoms with Gasteiger partial charge in [0.15, 0.2) is 0 Å². The van der Waals surface area contributed by atoms with Crippen LogP contribution in [-0.2, 0) is 17.8 Å². The summed E-state index contributed by atoms with van der Waals surface area (Å²) in [4.78, 5) is 0. The van der Waals surface area contributed by atoms with Gasteiger partial charge in [-0.1, -0.05) is 0 Å². The highest BCUT2D eigenvalue weighted by Crippen LogP contribution is 2.16. The topological polar surface area (TPSA) is 37.9 Å². The predicted molar refractivity (Wildman–Crippen MR) is 36.5 cm³/mol. The van der Waals surface area contributed by atoms with Crippen LogP contribution in [0.5, 0.6) is 0 Å². The lowest BCUT2D eigenvalue weighted by Crippen LogP contribution is -2.18. The second-order valence-electron chi connectivity index (χ2n) is 2.70. The number of aromatic amines is 1. The van der Waals surface area contributed by atoms with Crippen molar-refractivity contribution in [1.82, 2.24) is 10.2 Å². The molecule has 3 heteroatoms. The van der Waals surface area contributed by atoms with E-state index in [1.165, 1.54) is 11.3 Å². The van der Waals surface area contributed by atoms with E-state index in [9.17, 15) is 0 Å². The molecule has 0 aromatic carbocycles. The van der Waals surface area contributed by atoms with Gasteiger partial charge in [-0.2, -0.15) is 5.10 Å². The molecule has 0 saturated heterocycles. The molecular formula is C7H10N2O. The molecule has 1 aliphatic rings. The largest absolute Gasteiger partial charge is 0.373 e. The normalized spacial score (nSPS) is 24.3. The van der Waals surface area contributed by atoms with Crippen molar-refractivity contribution in [2.45, 2.75) is 26.1 Å². The minimum Gasteiger partial charge on any atom is -0.373 e. The summed E-state index contributed by atoms with van der Waals surface area (Å²) in [7, 11) is 0. The number of fused-ring (bicyclic) bond motifs is 1. The minimum absolute atomic E-state index is 0.341. The van der Waals surface area contributed by atoms with E-state index in [4.69, 9.17) is 4.74 Å². The summed E-state index contributed by atoms with van der Waals surface area (Å²) in [6, 6.07) is 0. The van der Waals surface area contributed by atoms with Gasteiger partial charge in [-0.3, -0.25) is 5.10 Å². The molecule has 1 N–H and O–H groups in total. The summed E-state index contributed by atoms with van der Waals surface area (Å²) >= 11 is 0. The predicted octanol–water partition coefficient (Wildman–Crippen LogP) is 0.871. The number of hydrogen-bond acceptors (Lipinski definition) is 2. The van der Waals surface area contributed by atoms with E-state index >= 15 is 0 Å². The molecule has 1 aromatic rings. The van der Waals surface area contributed by atoms with E-state index in [-0.39, 0.29) is 0 Å². The van der Waals surface area contributed by atoms with Crippen LogP contribution in [-0.4, -0.2) is 16.3 Å². The van der Waals surface area contributed by atoms with Gasteiger partial charge in [0.1, 0.15) is 0 Å². The van der Waals surface area contributed by atoms with E-state index in [1.54, 1.807) is 0 Å². The van der Waals surface area contributed by atoms with Crippen molar-refractivity contribution in [1.29, 1.82) is 0 Å². The average Bonchev–Trinajstić information content (AvgIpc) is 2.33. The Morgan fingerprint density at radius 2 is 2.70 bits per heavy atom. The molecule has 1 unspecified atom stereocenters. The molecule has 0 aliphatic carbocycles. The summed E-state index contributed by atoms with van der Waals surface area (Å²) in [6.45, 7) is 2.79. The van der Waals surface area contributed by atoms with Crippen LogP contribution in [0.15, 0.2) is 6.20 Å². The van der Waals surface area contributed by atoms with Crippen molar-refractivity contribution >= 4 is 0 Å². The molecular weight excluding hydrogens is 128 g/mol. The lowest BCUT2D eigenvalue weighted by atomic mass is 10.1. The first-order chi connectivity index (χ1) is 4.86. The molecule has 1 atom stereocenters. The molecule has 0 fully saturated rings. The Hall–Kier alpha value is -0.830. The first-order valence-corrected chi connectivity index (χ1v) is 3.49. The van der Waals surface area contributed by atoms with Gasteiger partial charge in [0, 0.05) is 17.7 Å². The summed E-state index contributed by atoms with van der Waals surface area (Å²) < 4.78 is 5.40. The maximum absolute atomic E-state index is 5.40. The fourth-order valence-electron chi connectivity index (χ4n) is 1.22. The Morgan fingerprint density at radius 1 is 1.80 bits per heavy atom.